The number of rotatable bonds is 6. The zero-order valence-corrected chi connectivity index (χ0v) is 8.81. The van der Waals surface area contributed by atoms with Crippen molar-refractivity contribution in [1.82, 2.24) is 5.32 Å². The van der Waals surface area contributed by atoms with Crippen molar-refractivity contribution in [3.05, 3.63) is 47.7 Å². The number of hydrogen-bond donors (Lipinski definition) is 3. The maximum Gasteiger partial charge on any atom is 0.268 e. The van der Waals surface area contributed by atoms with E-state index in [4.69, 9.17) is 11.3 Å². The highest BCUT2D eigenvalue weighted by molar-refractivity contribution is 5.91. The lowest BCUT2D eigenvalue weighted by Gasteiger charge is -2.01. The Kier molecular flexibility index (Phi) is 4.88. The summed E-state index contributed by atoms with van der Waals surface area (Å²) >= 11 is 0. The first-order chi connectivity index (χ1) is 7.74. The number of carbonyl (C=O) groups is 1. The van der Waals surface area contributed by atoms with Crippen molar-refractivity contribution >= 4 is 5.91 Å². The van der Waals surface area contributed by atoms with Gasteiger partial charge in [-0.3, -0.25) is 4.79 Å². The van der Waals surface area contributed by atoms with Gasteiger partial charge in [0.1, 0.15) is 5.70 Å². The zero-order valence-electron chi connectivity index (χ0n) is 8.81. The number of hydrogen-bond acceptors (Lipinski definition) is 4. The predicted molar refractivity (Wildman–Crippen MR) is 60.6 cm³/mol. The molecule has 84 valence electrons. The van der Waals surface area contributed by atoms with Crippen LogP contribution < -0.4 is 11.1 Å². The monoisotopic (exact) mass is 218 g/mol. The Morgan fingerprint density at radius 3 is 2.69 bits per heavy atom. The molecule has 0 heterocycles. The van der Waals surface area contributed by atoms with E-state index in [0.29, 0.717) is 13.1 Å². The van der Waals surface area contributed by atoms with Gasteiger partial charge in [0.05, 0.1) is 0 Å². The lowest BCUT2D eigenvalue weighted by Crippen LogP contribution is -2.17. The second-order valence-corrected chi connectivity index (χ2v) is 3.18. The molecule has 16 heavy (non-hydrogen) atoms. The van der Waals surface area contributed by atoms with Gasteiger partial charge in [0.2, 0.25) is 0 Å². The van der Waals surface area contributed by atoms with Gasteiger partial charge >= 0.3 is 0 Å². The van der Waals surface area contributed by atoms with Crippen molar-refractivity contribution in [3.63, 3.8) is 0 Å². The summed E-state index contributed by atoms with van der Waals surface area (Å²) < 4.78 is 0. The Morgan fingerprint density at radius 2 is 2.12 bits per heavy atom. The number of carbonyl (C=O) groups excluding carboxylic acids is 1. The Hall–Kier alpha value is -2.01. The molecule has 0 atom stereocenters. The van der Waals surface area contributed by atoms with Crippen LogP contribution in [0.25, 0.3) is 0 Å². The van der Waals surface area contributed by atoms with E-state index in [1.54, 1.807) is 0 Å². The fraction of sp³-hybridized carbons (Fsp3) is 0.182. The van der Waals surface area contributed by atoms with E-state index in [0.717, 1.165) is 5.56 Å². The van der Waals surface area contributed by atoms with Crippen molar-refractivity contribution in [2.75, 3.05) is 6.54 Å². The first-order valence-electron chi connectivity index (χ1n) is 4.86. The predicted octanol–water partition coefficient (Wildman–Crippen LogP) is 1.18. The molecule has 1 aromatic rings. The molecule has 0 saturated carbocycles. The third-order valence-corrected chi connectivity index (χ3v) is 1.98. The summed E-state index contributed by atoms with van der Waals surface area (Å²) in [5.74, 6) is -0.684. The van der Waals surface area contributed by atoms with Crippen LogP contribution in [0.2, 0.25) is 0 Å². The molecular weight excluding hydrogens is 204 g/mol. The lowest BCUT2D eigenvalue weighted by molar-refractivity contribution is -0.114. The van der Waals surface area contributed by atoms with Crippen LogP contribution in [0.3, 0.4) is 0 Å². The molecule has 0 bridgehead atoms. The molecular formula is C11H14N4O. The number of primary amides is 1. The minimum Gasteiger partial charge on any atom is -0.364 e. The summed E-state index contributed by atoms with van der Waals surface area (Å²) in [5, 5.41) is 6.12. The first-order valence-corrected chi connectivity index (χ1v) is 4.86. The number of nitrogens with one attached hydrogen (secondary N) is 2. The lowest BCUT2D eigenvalue weighted by atomic mass is 10.2. The highest BCUT2D eigenvalue weighted by atomic mass is 16.1. The minimum absolute atomic E-state index is 0.0273. The van der Waals surface area contributed by atoms with E-state index < -0.39 is 5.91 Å². The summed E-state index contributed by atoms with van der Waals surface area (Å²) in [7, 11) is 0. The fourth-order valence-corrected chi connectivity index (χ4v) is 1.18. The number of amides is 1. The smallest absolute Gasteiger partial charge is 0.268 e. The van der Waals surface area contributed by atoms with Gasteiger partial charge in [-0.05, 0) is 11.6 Å². The minimum atomic E-state index is -0.684. The third kappa shape index (κ3) is 4.02. The van der Waals surface area contributed by atoms with Gasteiger partial charge in [-0.15, -0.1) is 0 Å². The molecule has 0 aliphatic heterocycles. The van der Waals surface area contributed by atoms with Crippen LogP contribution >= 0.6 is 0 Å². The molecule has 0 aliphatic carbocycles. The standard InChI is InChI=1S/C11H14N4O/c12-11(16)10(15-13)6-7-14-8-9-4-2-1-3-5-9/h1-6,13-14H,7-8H2,(H2,12,16)/b10-6-,15-13?. The van der Waals surface area contributed by atoms with Crippen LogP contribution in [0.15, 0.2) is 47.2 Å². The molecule has 5 heteroatoms. The molecule has 0 fully saturated rings. The van der Waals surface area contributed by atoms with Gasteiger partial charge in [-0.1, -0.05) is 30.3 Å². The Bertz CT molecular complexity index is 386. The van der Waals surface area contributed by atoms with Gasteiger partial charge in [-0.25, -0.2) is 5.53 Å². The second-order valence-electron chi connectivity index (χ2n) is 3.18. The average Bonchev–Trinajstić information content (AvgIpc) is 2.30. The SMILES string of the molecule is N=N/C(=C\CNCc1ccccc1)C(N)=O. The summed E-state index contributed by atoms with van der Waals surface area (Å²) in [6.07, 6.45) is 1.50. The highest BCUT2D eigenvalue weighted by Gasteiger charge is 2.00. The quantitative estimate of drug-likeness (QED) is 0.380. The molecule has 1 rings (SSSR count). The van der Waals surface area contributed by atoms with Crippen molar-refractivity contribution in [2.24, 2.45) is 10.8 Å². The highest BCUT2D eigenvalue weighted by Crippen LogP contribution is 1.97. The normalized spacial score (nSPS) is 11.1. The maximum atomic E-state index is 10.7. The van der Waals surface area contributed by atoms with Crippen LogP contribution in [0.5, 0.6) is 0 Å². The molecule has 0 aliphatic rings. The van der Waals surface area contributed by atoms with Gasteiger partial charge < -0.3 is 11.1 Å². The Labute approximate surface area is 93.9 Å². The summed E-state index contributed by atoms with van der Waals surface area (Å²) in [6, 6.07) is 9.87. The number of nitrogens with zero attached hydrogens (tertiary/aromatic N) is 1. The number of nitrogens with two attached hydrogens (primary N) is 1. The second kappa shape index (κ2) is 6.47. The molecule has 0 unspecified atom stereocenters. The van der Waals surface area contributed by atoms with Crippen molar-refractivity contribution in [1.29, 1.82) is 5.53 Å². The fourth-order valence-electron chi connectivity index (χ4n) is 1.18. The maximum absolute atomic E-state index is 10.7. The Morgan fingerprint density at radius 1 is 1.44 bits per heavy atom. The van der Waals surface area contributed by atoms with Crippen LogP contribution in [0.1, 0.15) is 5.56 Å². The van der Waals surface area contributed by atoms with Crippen LogP contribution in [0, 0.1) is 5.53 Å². The average molecular weight is 218 g/mol. The van der Waals surface area contributed by atoms with E-state index in [2.05, 4.69) is 10.4 Å². The van der Waals surface area contributed by atoms with E-state index >= 15 is 0 Å². The summed E-state index contributed by atoms with van der Waals surface area (Å²) in [4.78, 5) is 10.7. The molecule has 4 N–H and O–H groups in total. The van der Waals surface area contributed by atoms with E-state index in [-0.39, 0.29) is 5.70 Å². The van der Waals surface area contributed by atoms with Crippen molar-refractivity contribution < 1.29 is 4.79 Å². The van der Waals surface area contributed by atoms with Gasteiger partial charge in [0, 0.05) is 13.1 Å². The molecule has 0 radical (unpaired) electrons. The largest absolute Gasteiger partial charge is 0.364 e. The first kappa shape index (κ1) is 12.1. The molecule has 5 nitrogen and oxygen atoms in total. The van der Waals surface area contributed by atoms with Gasteiger partial charge in [-0.2, -0.15) is 5.11 Å². The summed E-state index contributed by atoms with van der Waals surface area (Å²) in [5.41, 5.74) is 12.8. The van der Waals surface area contributed by atoms with Crippen LogP contribution in [-0.4, -0.2) is 12.5 Å². The van der Waals surface area contributed by atoms with E-state index in [1.165, 1.54) is 6.08 Å². The molecule has 0 aromatic heterocycles. The third-order valence-electron chi connectivity index (χ3n) is 1.98. The molecule has 0 spiro atoms. The Balaban J connectivity index is 2.36. The zero-order chi connectivity index (χ0) is 11.8. The van der Waals surface area contributed by atoms with E-state index in [9.17, 15) is 4.79 Å². The topological polar surface area (TPSA) is 91.3 Å². The van der Waals surface area contributed by atoms with Gasteiger partial charge in [0.15, 0.2) is 0 Å². The van der Waals surface area contributed by atoms with Crippen LogP contribution in [0.4, 0.5) is 0 Å². The molecule has 1 aromatic carbocycles. The molecule has 1 amide bonds. The summed E-state index contributed by atoms with van der Waals surface area (Å²) in [6.45, 7) is 1.15. The van der Waals surface area contributed by atoms with Crippen molar-refractivity contribution in [2.45, 2.75) is 6.54 Å². The number of benzene rings is 1. The van der Waals surface area contributed by atoms with E-state index in [1.807, 2.05) is 30.3 Å². The molecule has 0 saturated heterocycles. The van der Waals surface area contributed by atoms with Gasteiger partial charge in [0.25, 0.3) is 5.91 Å². The van der Waals surface area contributed by atoms with Crippen LogP contribution in [-0.2, 0) is 11.3 Å². The van der Waals surface area contributed by atoms with Crippen molar-refractivity contribution in [3.8, 4) is 0 Å².